The van der Waals surface area contributed by atoms with Crippen molar-refractivity contribution in [3.8, 4) is 0 Å². The van der Waals surface area contributed by atoms with Crippen molar-refractivity contribution in [1.29, 1.82) is 0 Å². The quantitative estimate of drug-likeness (QED) is 0.809. The van der Waals surface area contributed by atoms with Gasteiger partial charge in [0.2, 0.25) is 11.8 Å². The molecular weight excluding hydrogens is 325 g/mol. The number of nitrogens with one attached hydrogen (secondary N) is 1. The highest BCUT2D eigenvalue weighted by atomic mass is 19.1. The largest absolute Gasteiger partial charge is 0.379 e. The molecule has 6 nitrogen and oxygen atoms in total. The second kappa shape index (κ2) is 8.40. The van der Waals surface area contributed by atoms with E-state index >= 15 is 0 Å². The first-order valence-electron chi connectivity index (χ1n) is 8.76. The smallest absolute Gasteiger partial charge is 0.240 e. The SMILES string of the molecule is O=C(Cc1ccccc1F)NCCN1CCC(N2CCOCC2)C1=O. The molecule has 1 atom stereocenters. The lowest BCUT2D eigenvalue weighted by Crippen LogP contribution is -2.48. The van der Waals surface area contributed by atoms with E-state index in [1.54, 1.807) is 23.1 Å². The van der Waals surface area contributed by atoms with Crippen LogP contribution in [0.4, 0.5) is 4.39 Å². The molecule has 0 aliphatic carbocycles. The monoisotopic (exact) mass is 349 g/mol. The standard InChI is InChI=1S/C18H24FN3O3/c19-15-4-2-1-3-14(15)13-17(23)20-6-8-22-7-5-16(18(22)24)21-9-11-25-12-10-21/h1-4,16H,5-13H2,(H,20,23). The fourth-order valence-electron chi connectivity index (χ4n) is 3.38. The van der Waals surface area contributed by atoms with Crippen LogP contribution in [0.25, 0.3) is 0 Å². The number of nitrogens with zero attached hydrogens (tertiary/aromatic N) is 2. The van der Waals surface area contributed by atoms with Crippen LogP contribution in [0, 0.1) is 5.82 Å². The fraction of sp³-hybridized carbons (Fsp3) is 0.556. The van der Waals surface area contributed by atoms with Crippen LogP contribution >= 0.6 is 0 Å². The van der Waals surface area contributed by atoms with Crippen molar-refractivity contribution in [2.45, 2.75) is 18.9 Å². The Labute approximate surface area is 146 Å². The molecule has 2 fully saturated rings. The Balaban J connectivity index is 1.41. The Morgan fingerprint density at radius 2 is 2.00 bits per heavy atom. The summed E-state index contributed by atoms with van der Waals surface area (Å²) >= 11 is 0. The van der Waals surface area contributed by atoms with Gasteiger partial charge in [0.15, 0.2) is 0 Å². The summed E-state index contributed by atoms with van der Waals surface area (Å²) in [6.45, 7) is 4.53. The van der Waals surface area contributed by atoms with E-state index < -0.39 is 0 Å². The van der Waals surface area contributed by atoms with Gasteiger partial charge in [0, 0.05) is 32.7 Å². The van der Waals surface area contributed by atoms with Crippen LogP contribution in [0.15, 0.2) is 24.3 Å². The summed E-state index contributed by atoms with van der Waals surface area (Å²) in [5.41, 5.74) is 0.379. The van der Waals surface area contributed by atoms with Gasteiger partial charge in [0.1, 0.15) is 5.82 Å². The molecule has 3 rings (SSSR count). The van der Waals surface area contributed by atoms with E-state index in [4.69, 9.17) is 4.74 Å². The van der Waals surface area contributed by atoms with E-state index in [-0.39, 0.29) is 30.1 Å². The molecule has 2 amide bonds. The molecule has 136 valence electrons. The molecule has 0 bridgehead atoms. The van der Waals surface area contributed by atoms with Crippen molar-refractivity contribution in [3.63, 3.8) is 0 Å². The van der Waals surface area contributed by atoms with Crippen LogP contribution in [0.3, 0.4) is 0 Å². The number of hydrogen-bond donors (Lipinski definition) is 1. The zero-order chi connectivity index (χ0) is 17.6. The highest BCUT2D eigenvalue weighted by Crippen LogP contribution is 2.18. The highest BCUT2D eigenvalue weighted by molar-refractivity contribution is 5.84. The minimum absolute atomic E-state index is 0.0109. The van der Waals surface area contributed by atoms with Gasteiger partial charge in [-0.3, -0.25) is 14.5 Å². The van der Waals surface area contributed by atoms with Crippen LogP contribution in [0.1, 0.15) is 12.0 Å². The van der Waals surface area contributed by atoms with E-state index in [0.717, 1.165) is 19.5 Å². The lowest BCUT2D eigenvalue weighted by Gasteiger charge is -2.31. The van der Waals surface area contributed by atoms with Crippen molar-refractivity contribution in [1.82, 2.24) is 15.1 Å². The molecule has 0 radical (unpaired) electrons. The Morgan fingerprint density at radius 3 is 2.76 bits per heavy atom. The van der Waals surface area contributed by atoms with E-state index in [1.807, 2.05) is 0 Å². The Kier molecular flexibility index (Phi) is 5.99. The Hall–Kier alpha value is -1.99. The third-order valence-corrected chi connectivity index (χ3v) is 4.77. The van der Waals surface area contributed by atoms with Crippen LogP contribution in [0.5, 0.6) is 0 Å². The predicted molar refractivity (Wildman–Crippen MR) is 90.5 cm³/mol. The van der Waals surface area contributed by atoms with Crippen LogP contribution in [-0.4, -0.2) is 73.6 Å². The molecule has 1 N–H and O–H groups in total. The Bertz CT molecular complexity index is 619. The summed E-state index contributed by atoms with van der Waals surface area (Å²) in [5, 5.41) is 2.77. The van der Waals surface area contributed by atoms with Crippen molar-refractivity contribution in [3.05, 3.63) is 35.6 Å². The number of carbonyl (C=O) groups is 2. The number of morpholine rings is 1. The van der Waals surface area contributed by atoms with E-state index in [9.17, 15) is 14.0 Å². The van der Waals surface area contributed by atoms with Gasteiger partial charge in [-0.2, -0.15) is 0 Å². The maximum absolute atomic E-state index is 13.5. The molecule has 1 aromatic carbocycles. The van der Waals surface area contributed by atoms with Gasteiger partial charge in [0.25, 0.3) is 0 Å². The first kappa shape index (κ1) is 17.8. The predicted octanol–water partition coefficient (Wildman–Crippen LogP) is 0.418. The third-order valence-electron chi connectivity index (χ3n) is 4.77. The number of likely N-dealkylation sites (tertiary alicyclic amines) is 1. The highest BCUT2D eigenvalue weighted by Gasteiger charge is 2.36. The van der Waals surface area contributed by atoms with Crippen LogP contribution < -0.4 is 5.32 Å². The molecule has 1 unspecified atom stereocenters. The molecule has 2 aliphatic rings. The average molecular weight is 349 g/mol. The minimum Gasteiger partial charge on any atom is -0.379 e. The summed E-state index contributed by atoms with van der Waals surface area (Å²) in [6, 6.07) is 6.20. The second-order valence-electron chi connectivity index (χ2n) is 6.40. The van der Waals surface area contributed by atoms with E-state index in [2.05, 4.69) is 10.2 Å². The van der Waals surface area contributed by atoms with Crippen molar-refractivity contribution in [2.75, 3.05) is 45.9 Å². The van der Waals surface area contributed by atoms with Crippen molar-refractivity contribution >= 4 is 11.8 Å². The third kappa shape index (κ3) is 4.55. The lowest BCUT2D eigenvalue weighted by molar-refractivity contribution is -0.133. The minimum atomic E-state index is -0.374. The van der Waals surface area contributed by atoms with Gasteiger partial charge >= 0.3 is 0 Å². The van der Waals surface area contributed by atoms with Gasteiger partial charge in [-0.05, 0) is 18.1 Å². The molecule has 0 saturated carbocycles. The van der Waals surface area contributed by atoms with Crippen molar-refractivity contribution < 1.29 is 18.7 Å². The fourth-order valence-corrected chi connectivity index (χ4v) is 3.38. The number of halogens is 1. The molecule has 1 aromatic rings. The summed E-state index contributed by atoms with van der Waals surface area (Å²) in [5.74, 6) is -0.479. The van der Waals surface area contributed by atoms with Gasteiger partial charge in [0.05, 0.1) is 25.7 Å². The number of rotatable bonds is 6. The normalized spacial score (nSPS) is 21.6. The first-order chi connectivity index (χ1) is 12.1. The maximum Gasteiger partial charge on any atom is 0.240 e. The van der Waals surface area contributed by atoms with Crippen molar-refractivity contribution in [2.24, 2.45) is 0 Å². The molecule has 0 spiro atoms. The van der Waals surface area contributed by atoms with Gasteiger partial charge < -0.3 is 15.0 Å². The van der Waals surface area contributed by atoms with Crippen LogP contribution in [-0.2, 0) is 20.7 Å². The van der Waals surface area contributed by atoms with Crippen LogP contribution in [0.2, 0.25) is 0 Å². The molecule has 7 heteroatoms. The van der Waals surface area contributed by atoms with Gasteiger partial charge in [-0.15, -0.1) is 0 Å². The topological polar surface area (TPSA) is 61.9 Å². The number of benzene rings is 1. The summed E-state index contributed by atoms with van der Waals surface area (Å²) in [7, 11) is 0. The zero-order valence-electron chi connectivity index (χ0n) is 14.2. The number of carbonyl (C=O) groups excluding carboxylic acids is 2. The molecule has 0 aromatic heterocycles. The van der Waals surface area contributed by atoms with Gasteiger partial charge in [-0.25, -0.2) is 4.39 Å². The zero-order valence-corrected chi connectivity index (χ0v) is 14.2. The number of hydrogen-bond acceptors (Lipinski definition) is 4. The summed E-state index contributed by atoms with van der Waals surface area (Å²) in [4.78, 5) is 28.4. The molecule has 25 heavy (non-hydrogen) atoms. The molecule has 2 saturated heterocycles. The summed E-state index contributed by atoms with van der Waals surface area (Å²) in [6.07, 6.45) is 0.832. The Morgan fingerprint density at radius 1 is 1.24 bits per heavy atom. The maximum atomic E-state index is 13.5. The van der Waals surface area contributed by atoms with Gasteiger partial charge in [-0.1, -0.05) is 18.2 Å². The average Bonchev–Trinajstić information content (AvgIpc) is 2.99. The van der Waals surface area contributed by atoms with E-state index in [1.165, 1.54) is 6.07 Å². The van der Waals surface area contributed by atoms with E-state index in [0.29, 0.717) is 38.4 Å². The lowest BCUT2D eigenvalue weighted by atomic mass is 10.1. The molecule has 2 aliphatic heterocycles. The molecule has 2 heterocycles. The first-order valence-corrected chi connectivity index (χ1v) is 8.76. The molecular formula is C18H24FN3O3. The number of ether oxygens (including phenoxy) is 1. The number of amides is 2. The second-order valence-corrected chi connectivity index (χ2v) is 6.40. The summed E-state index contributed by atoms with van der Waals surface area (Å²) < 4.78 is 18.9.